The smallest absolute Gasteiger partial charge is 0.279 e. The molecule has 0 saturated carbocycles. The summed E-state index contributed by atoms with van der Waals surface area (Å²) >= 11 is 6.99. The van der Waals surface area contributed by atoms with E-state index in [1.807, 2.05) is 0 Å². The highest BCUT2D eigenvalue weighted by atomic mass is 35.5. The van der Waals surface area contributed by atoms with Gasteiger partial charge in [0, 0.05) is 18.3 Å². The monoisotopic (exact) mass is 491 g/mol. The van der Waals surface area contributed by atoms with Gasteiger partial charge in [-0.15, -0.1) is 11.3 Å². The summed E-state index contributed by atoms with van der Waals surface area (Å²) in [5, 5.41) is 15.6. The van der Waals surface area contributed by atoms with Crippen LogP contribution in [0, 0.1) is 5.82 Å². The van der Waals surface area contributed by atoms with Gasteiger partial charge in [0.2, 0.25) is 0 Å². The van der Waals surface area contributed by atoms with E-state index < -0.39 is 23.9 Å². The molecule has 0 spiro atoms. The molecule has 2 aromatic heterocycles. The van der Waals surface area contributed by atoms with E-state index in [0.717, 1.165) is 16.2 Å². The van der Waals surface area contributed by atoms with E-state index in [1.54, 1.807) is 24.3 Å². The quantitative estimate of drug-likeness (QED) is 0.407. The number of nitrogens with zero attached hydrogens (tertiary/aromatic N) is 1. The third-order valence-corrected chi connectivity index (χ3v) is 6.55. The van der Waals surface area contributed by atoms with E-state index in [-0.39, 0.29) is 30.2 Å². The number of pyridine rings is 1. The second-order valence-electron chi connectivity index (χ2n) is 7.71. The second kappa shape index (κ2) is 9.84. The summed E-state index contributed by atoms with van der Waals surface area (Å²) in [6, 6.07) is 11.4. The van der Waals surface area contributed by atoms with Crippen molar-refractivity contribution in [3.8, 4) is 5.69 Å². The Kier molecular flexibility index (Phi) is 6.89. The molecule has 4 rings (SSSR count). The van der Waals surface area contributed by atoms with E-state index in [1.165, 1.54) is 35.0 Å². The molecule has 3 atom stereocenters. The fourth-order valence-electron chi connectivity index (χ4n) is 3.75. The molecule has 3 aromatic rings. The molecule has 33 heavy (non-hydrogen) atoms. The summed E-state index contributed by atoms with van der Waals surface area (Å²) in [6.45, 7) is 0.604. The van der Waals surface area contributed by atoms with Gasteiger partial charge < -0.3 is 20.6 Å². The zero-order valence-corrected chi connectivity index (χ0v) is 18.8. The van der Waals surface area contributed by atoms with Gasteiger partial charge in [-0.05, 0) is 30.3 Å². The Morgan fingerprint density at radius 2 is 2.03 bits per heavy atom. The maximum Gasteiger partial charge on any atom is 0.279 e. The van der Waals surface area contributed by atoms with Crippen molar-refractivity contribution in [1.82, 2.24) is 9.88 Å². The van der Waals surface area contributed by atoms with Gasteiger partial charge in [-0.25, -0.2) is 4.39 Å². The molecule has 1 unspecified atom stereocenters. The summed E-state index contributed by atoms with van der Waals surface area (Å²) in [4.78, 5) is 37.8. The minimum atomic E-state index is -0.813. The first kappa shape index (κ1) is 23.1. The molecule has 1 saturated heterocycles. The normalized spacial score (nSPS) is 19.9. The van der Waals surface area contributed by atoms with Gasteiger partial charge in [-0.1, -0.05) is 17.7 Å². The van der Waals surface area contributed by atoms with Crippen molar-refractivity contribution in [2.24, 2.45) is 0 Å². The fourth-order valence-corrected chi connectivity index (χ4v) is 4.70. The predicted molar refractivity (Wildman–Crippen MR) is 123 cm³/mol. The molecule has 0 radical (unpaired) electrons. The minimum absolute atomic E-state index is 0.00635. The lowest BCUT2D eigenvalue weighted by Gasteiger charge is -2.14. The van der Waals surface area contributed by atoms with E-state index >= 15 is 0 Å². The highest BCUT2D eigenvalue weighted by molar-refractivity contribution is 7.18. The topological polar surface area (TPSA) is 105 Å². The van der Waals surface area contributed by atoms with Gasteiger partial charge in [0.15, 0.2) is 6.54 Å². The number of nitrogens with one attached hydrogen (secondary N) is 3. The Morgan fingerprint density at radius 3 is 2.73 bits per heavy atom. The Morgan fingerprint density at radius 1 is 1.21 bits per heavy atom. The van der Waals surface area contributed by atoms with Gasteiger partial charge in [-0.2, -0.15) is 0 Å². The Balaban J connectivity index is 1.34. The van der Waals surface area contributed by atoms with Crippen LogP contribution in [-0.2, 0) is 4.79 Å². The first-order valence-electron chi connectivity index (χ1n) is 10.2. The molecule has 4 N–H and O–H groups in total. The lowest BCUT2D eigenvalue weighted by atomic mass is 10.2. The maximum absolute atomic E-state index is 14.5. The molecule has 1 aliphatic heterocycles. The largest absolute Gasteiger partial charge is 0.385 e. The summed E-state index contributed by atoms with van der Waals surface area (Å²) in [5.41, 5.74) is 0.0370. The number of carbonyl (C=O) groups is 2. The molecule has 1 aliphatic rings. The number of thiophene rings is 1. The van der Waals surface area contributed by atoms with Crippen LogP contribution >= 0.6 is 22.9 Å². The number of hydrogen-bond donors (Lipinski definition) is 4. The minimum Gasteiger partial charge on any atom is -0.385 e. The molecule has 1 fully saturated rings. The van der Waals surface area contributed by atoms with Crippen LogP contribution in [0.15, 0.2) is 59.5 Å². The lowest BCUT2D eigenvalue weighted by molar-refractivity contribution is -0.880. The van der Waals surface area contributed by atoms with Gasteiger partial charge >= 0.3 is 0 Å². The highest BCUT2D eigenvalue weighted by Crippen LogP contribution is 2.21. The summed E-state index contributed by atoms with van der Waals surface area (Å²) in [7, 11) is 0. The molecule has 2 amide bonds. The molecule has 3 heterocycles. The van der Waals surface area contributed by atoms with Crippen LogP contribution in [-0.4, -0.2) is 53.3 Å². The number of aliphatic hydroxyl groups excluding tert-OH is 1. The zero-order valence-electron chi connectivity index (χ0n) is 17.3. The zero-order chi connectivity index (χ0) is 23.5. The fraction of sp³-hybridized carbons (Fsp3) is 0.227. The predicted octanol–water partition coefficient (Wildman–Crippen LogP) is 0.688. The summed E-state index contributed by atoms with van der Waals surface area (Å²) in [5.74, 6) is -1.44. The number of carbonyl (C=O) groups excluding carboxylic acids is 2. The summed E-state index contributed by atoms with van der Waals surface area (Å²) in [6.07, 6.45) is 0.715. The van der Waals surface area contributed by atoms with Crippen LogP contribution in [0.2, 0.25) is 4.34 Å². The molecular formula is C22H21ClFN4O4S+. The van der Waals surface area contributed by atoms with Gasteiger partial charge in [0.05, 0.1) is 20.6 Å². The number of anilines is 1. The second-order valence-corrected chi connectivity index (χ2v) is 9.42. The SMILES string of the molecule is O=C(C[NH+]1C[C@H](NC(=O)c2ccc(Cl)s2)[C@@H](O)C1)Nc1ccc(-n2ccccc2=O)cc1F. The van der Waals surface area contributed by atoms with Crippen LogP contribution in [0.25, 0.3) is 5.69 Å². The van der Waals surface area contributed by atoms with Crippen LogP contribution < -0.4 is 21.1 Å². The third-order valence-electron chi connectivity index (χ3n) is 5.32. The van der Waals surface area contributed by atoms with Crippen LogP contribution in [0.5, 0.6) is 0 Å². The Labute approximate surface area is 197 Å². The average molecular weight is 492 g/mol. The number of amides is 2. The van der Waals surface area contributed by atoms with Gasteiger partial charge in [-0.3, -0.25) is 19.0 Å². The van der Waals surface area contributed by atoms with Crippen molar-refractivity contribution in [2.75, 3.05) is 25.0 Å². The van der Waals surface area contributed by atoms with E-state index in [9.17, 15) is 23.9 Å². The van der Waals surface area contributed by atoms with Gasteiger partial charge in [0.25, 0.3) is 17.4 Å². The van der Waals surface area contributed by atoms with E-state index in [0.29, 0.717) is 21.4 Å². The van der Waals surface area contributed by atoms with Crippen molar-refractivity contribution < 1.29 is 24.0 Å². The summed E-state index contributed by atoms with van der Waals surface area (Å²) < 4.78 is 16.3. The van der Waals surface area contributed by atoms with Crippen molar-refractivity contribution >= 4 is 40.4 Å². The Bertz CT molecular complexity index is 1250. The van der Waals surface area contributed by atoms with Gasteiger partial charge in [0.1, 0.15) is 31.1 Å². The number of hydrogen-bond acceptors (Lipinski definition) is 5. The number of aromatic nitrogens is 1. The van der Waals surface area contributed by atoms with Crippen molar-refractivity contribution in [3.63, 3.8) is 0 Å². The van der Waals surface area contributed by atoms with Crippen LogP contribution in [0.3, 0.4) is 0 Å². The third kappa shape index (κ3) is 5.48. The molecular weight excluding hydrogens is 471 g/mol. The lowest BCUT2D eigenvalue weighted by Crippen LogP contribution is -3.12. The number of aliphatic hydroxyl groups is 1. The average Bonchev–Trinajstić information content (AvgIpc) is 3.35. The standard InChI is InChI=1S/C22H20ClFN4O4S/c23-19-7-6-18(33-19)22(32)26-16-10-27(11-17(16)29)12-20(30)25-15-5-4-13(9-14(15)24)28-8-2-1-3-21(28)31/h1-9,16-17,29H,10-12H2,(H,25,30)(H,26,32)/p+1/t16-,17-/m0/s1. The number of rotatable bonds is 6. The Hall–Kier alpha value is -3.05. The van der Waals surface area contributed by atoms with Crippen molar-refractivity contribution in [3.05, 3.63) is 80.1 Å². The first-order valence-corrected chi connectivity index (χ1v) is 11.3. The van der Waals surface area contributed by atoms with Crippen molar-refractivity contribution in [2.45, 2.75) is 12.1 Å². The molecule has 0 aliphatic carbocycles. The molecule has 172 valence electrons. The number of halogens is 2. The number of likely N-dealkylation sites (tertiary alicyclic amines) is 1. The van der Waals surface area contributed by atoms with E-state index in [4.69, 9.17) is 11.6 Å². The highest BCUT2D eigenvalue weighted by Gasteiger charge is 2.37. The molecule has 8 nitrogen and oxygen atoms in total. The van der Waals surface area contributed by atoms with Crippen molar-refractivity contribution in [1.29, 1.82) is 0 Å². The maximum atomic E-state index is 14.5. The molecule has 1 aromatic carbocycles. The molecule has 11 heteroatoms. The molecule has 0 bridgehead atoms. The number of quaternary nitrogens is 1. The number of benzene rings is 1. The van der Waals surface area contributed by atoms with E-state index in [2.05, 4.69) is 10.6 Å². The first-order chi connectivity index (χ1) is 15.8. The van der Waals surface area contributed by atoms with Crippen LogP contribution in [0.4, 0.5) is 10.1 Å². The van der Waals surface area contributed by atoms with Crippen LogP contribution in [0.1, 0.15) is 9.67 Å².